The minimum absolute atomic E-state index is 0.0133. The molecule has 0 aliphatic carbocycles. The number of esters is 2. The first-order valence-corrected chi connectivity index (χ1v) is 11.9. The molecule has 0 atom stereocenters. The van der Waals surface area contributed by atoms with Crippen LogP contribution in [0.2, 0.25) is 0 Å². The molecule has 0 saturated heterocycles. The van der Waals surface area contributed by atoms with Crippen molar-refractivity contribution in [3.05, 3.63) is 102 Å². The summed E-state index contributed by atoms with van der Waals surface area (Å²) in [6.45, 7) is 3.69. The average Bonchev–Trinajstić information content (AvgIpc) is 3.21. The largest absolute Gasteiger partial charge is 0.490 e. The molecule has 9 nitrogen and oxygen atoms in total. The van der Waals surface area contributed by atoms with Gasteiger partial charge in [-0.3, -0.25) is 10.1 Å². The van der Waals surface area contributed by atoms with Crippen molar-refractivity contribution in [1.29, 1.82) is 0 Å². The molecule has 3 aromatic rings. The summed E-state index contributed by atoms with van der Waals surface area (Å²) in [5.41, 5.74) is 1.58. The quantitative estimate of drug-likeness (QED) is 0.0884. The summed E-state index contributed by atoms with van der Waals surface area (Å²) in [6.07, 6.45) is 1.51. The molecule has 0 amide bonds. The second-order valence-electron chi connectivity index (χ2n) is 7.56. The Morgan fingerprint density at radius 2 is 1.92 bits per heavy atom. The first kappa shape index (κ1) is 25.0. The first-order valence-electron chi connectivity index (χ1n) is 10.8. The highest BCUT2D eigenvalue weighted by Gasteiger charge is 2.28. The van der Waals surface area contributed by atoms with E-state index in [1.807, 2.05) is 22.6 Å². The smallest absolute Gasteiger partial charge is 0.363 e. The molecule has 0 unspecified atom stereocenters. The van der Waals surface area contributed by atoms with E-state index < -0.39 is 16.9 Å². The minimum atomic E-state index is -0.691. The Labute approximate surface area is 219 Å². The van der Waals surface area contributed by atoms with E-state index in [1.54, 1.807) is 62.4 Å². The zero-order chi connectivity index (χ0) is 25.8. The van der Waals surface area contributed by atoms with Gasteiger partial charge < -0.3 is 14.2 Å². The Morgan fingerprint density at radius 3 is 2.61 bits per heavy atom. The summed E-state index contributed by atoms with van der Waals surface area (Å²) in [7, 11) is 0. The van der Waals surface area contributed by atoms with Gasteiger partial charge >= 0.3 is 11.9 Å². The lowest BCUT2D eigenvalue weighted by Crippen LogP contribution is -2.10. The molecule has 182 valence electrons. The van der Waals surface area contributed by atoms with Gasteiger partial charge in [-0.25, -0.2) is 14.6 Å². The molecular formula is C26H19IN2O7. The lowest BCUT2D eigenvalue weighted by atomic mass is 10.1. The molecule has 0 spiro atoms. The van der Waals surface area contributed by atoms with Gasteiger partial charge in [-0.15, -0.1) is 0 Å². The number of nitrogens with zero attached hydrogens (tertiary/aromatic N) is 2. The van der Waals surface area contributed by atoms with Gasteiger partial charge in [-0.05, 0) is 78.4 Å². The van der Waals surface area contributed by atoms with Crippen molar-refractivity contribution in [2.75, 3.05) is 6.61 Å². The molecular weight excluding hydrogens is 579 g/mol. The van der Waals surface area contributed by atoms with Gasteiger partial charge in [0.05, 0.1) is 20.7 Å². The highest BCUT2D eigenvalue weighted by atomic mass is 127. The van der Waals surface area contributed by atoms with Crippen molar-refractivity contribution in [2.24, 2.45) is 4.99 Å². The highest BCUT2D eigenvalue weighted by molar-refractivity contribution is 14.1. The van der Waals surface area contributed by atoms with Crippen LogP contribution in [0.1, 0.15) is 34.0 Å². The number of aliphatic imine (C=N–C) groups is 1. The number of carbonyl (C=O) groups is 2. The molecule has 0 radical (unpaired) electrons. The first-order chi connectivity index (χ1) is 17.3. The van der Waals surface area contributed by atoms with E-state index in [9.17, 15) is 19.7 Å². The van der Waals surface area contributed by atoms with Crippen LogP contribution in [0.3, 0.4) is 0 Å². The summed E-state index contributed by atoms with van der Waals surface area (Å²) < 4.78 is 17.2. The molecule has 1 heterocycles. The molecule has 0 bridgehead atoms. The maximum atomic E-state index is 12.6. The van der Waals surface area contributed by atoms with E-state index in [2.05, 4.69) is 4.99 Å². The molecule has 0 N–H and O–H groups in total. The van der Waals surface area contributed by atoms with Crippen LogP contribution < -0.4 is 9.47 Å². The second kappa shape index (κ2) is 10.7. The lowest BCUT2D eigenvalue weighted by Gasteiger charge is -2.13. The fourth-order valence-corrected chi connectivity index (χ4v) is 4.23. The minimum Gasteiger partial charge on any atom is -0.490 e. The number of rotatable bonds is 7. The molecule has 10 heteroatoms. The molecule has 1 aliphatic heterocycles. The summed E-state index contributed by atoms with van der Waals surface area (Å²) in [4.78, 5) is 40.1. The van der Waals surface area contributed by atoms with Crippen molar-refractivity contribution in [2.45, 2.75) is 13.8 Å². The van der Waals surface area contributed by atoms with E-state index in [4.69, 9.17) is 14.2 Å². The molecule has 0 fully saturated rings. The van der Waals surface area contributed by atoms with Crippen LogP contribution in [0.25, 0.3) is 6.08 Å². The fraction of sp³-hybridized carbons (Fsp3) is 0.115. The van der Waals surface area contributed by atoms with Crippen LogP contribution >= 0.6 is 22.6 Å². The molecule has 0 aromatic heterocycles. The van der Waals surface area contributed by atoms with Crippen LogP contribution in [-0.4, -0.2) is 29.4 Å². The third kappa shape index (κ3) is 5.28. The summed E-state index contributed by atoms with van der Waals surface area (Å²) in [6, 6.07) is 16.4. The van der Waals surface area contributed by atoms with E-state index in [0.717, 1.165) is 0 Å². The van der Waals surface area contributed by atoms with Gasteiger partial charge in [0.15, 0.2) is 17.2 Å². The molecule has 3 aromatic carbocycles. The van der Waals surface area contributed by atoms with Crippen molar-refractivity contribution < 1.29 is 28.7 Å². The Kier molecular flexibility index (Phi) is 7.44. The van der Waals surface area contributed by atoms with Gasteiger partial charge in [-0.2, -0.15) is 0 Å². The molecule has 36 heavy (non-hydrogen) atoms. The molecule has 4 rings (SSSR count). The van der Waals surface area contributed by atoms with Gasteiger partial charge in [0, 0.05) is 17.2 Å². The molecule has 1 aliphatic rings. The van der Waals surface area contributed by atoms with Crippen molar-refractivity contribution in [1.82, 2.24) is 0 Å². The highest BCUT2D eigenvalue weighted by Crippen LogP contribution is 2.36. The van der Waals surface area contributed by atoms with Crippen LogP contribution in [0.4, 0.5) is 5.69 Å². The van der Waals surface area contributed by atoms with Crippen LogP contribution in [0.5, 0.6) is 11.5 Å². The number of cyclic esters (lactones) is 1. The van der Waals surface area contributed by atoms with E-state index in [0.29, 0.717) is 38.2 Å². The normalized spacial score (nSPS) is 13.8. The number of hydrogen-bond acceptors (Lipinski definition) is 8. The Morgan fingerprint density at radius 1 is 1.17 bits per heavy atom. The lowest BCUT2D eigenvalue weighted by molar-refractivity contribution is -0.385. The maximum Gasteiger partial charge on any atom is 0.363 e. The summed E-state index contributed by atoms with van der Waals surface area (Å²) in [5.74, 6) is -0.643. The van der Waals surface area contributed by atoms with Crippen LogP contribution in [0.15, 0.2) is 71.4 Å². The Balaban J connectivity index is 1.67. The van der Waals surface area contributed by atoms with Gasteiger partial charge in [0.1, 0.15) is 0 Å². The number of benzene rings is 3. The Hall–Kier alpha value is -4.06. The summed E-state index contributed by atoms with van der Waals surface area (Å²) in [5, 5.41) is 11.3. The molecule has 0 saturated carbocycles. The monoisotopic (exact) mass is 598 g/mol. The topological polar surface area (TPSA) is 117 Å². The number of halogens is 1. The predicted molar refractivity (Wildman–Crippen MR) is 140 cm³/mol. The number of nitro groups is 1. The Bertz CT molecular complexity index is 1430. The van der Waals surface area contributed by atoms with Gasteiger partial charge in [-0.1, -0.05) is 24.3 Å². The number of nitro benzene ring substituents is 1. The zero-order valence-electron chi connectivity index (χ0n) is 19.2. The van der Waals surface area contributed by atoms with Crippen molar-refractivity contribution in [3.63, 3.8) is 0 Å². The zero-order valence-corrected chi connectivity index (χ0v) is 21.3. The predicted octanol–water partition coefficient (Wildman–Crippen LogP) is 5.47. The van der Waals surface area contributed by atoms with Gasteiger partial charge in [0.25, 0.3) is 5.69 Å². The third-order valence-corrected chi connectivity index (χ3v) is 5.99. The number of carbonyl (C=O) groups excluding carboxylic acids is 2. The average molecular weight is 598 g/mol. The van der Waals surface area contributed by atoms with E-state index >= 15 is 0 Å². The number of ether oxygens (including phenoxy) is 3. The standard InChI is InChI=1S/C26H19IN2O7/c1-3-34-22-14-16(12-19(27)23(22)35-25(30)17-8-5-4-6-9-17)13-20-26(31)36-24(28-20)18-10-7-11-21(15(18)2)29(32)33/h4-14H,3H2,1-2H3/b20-13-. The van der Waals surface area contributed by atoms with Gasteiger partial charge in [0.2, 0.25) is 5.90 Å². The van der Waals surface area contributed by atoms with Crippen LogP contribution in [0, 0.1) is 20.6 Å². The SMILES string of the molecule is CCOc1cc(/C=C2\N=C(c3cccc([N+](=O)[O-])c3C)OC2=O)cc(I)c1OC(=O)c1ccccc1. The fourth-order valence-electron chi connectivity index (χ4n) is 3.49. The van der Waals surface area contributed by atoms with Crippen LogP contribution in [-0.2, 0) is 9.53 Å². The third-order valence-electron chi connectivity index (χ3n) is 5.19. The second-order valence-corrected chi connectivity index (χ2v) is 8.72. The van der Waals surface area contributed by atoms with E-state index in [-0.39, 0.29) is 23.0 Å². The van der Waals surface area contributed by atoms with Crippen molar-refractivity contribution in [3.8, 4) is 11.5 Å². The van der Waals surface area contributed by atoms with Crippen molar-refractivity contribution >= 4 is 52.2 Å². The maximum absolute atomic E-state index is 12.6. The number of hydrogen-bond donors (Lipinski definition) is 0. The summed E-state index contributed by atoms with van der Waals surface area (Å²) >= 11 is 2.02. The van der Waals surface area contributed by atoms with E-state index in [1.165, 1.54) is 18.2 Å².